The molecule has 1 rings (SSSR count). The molecule has 1 aromatic carbocycles. The van der Waals surface area contributed by atoms with E-state index < -0.39 is 23.2 Å². The van der Waals surface area contributed by atoms with Crippen LogP contribution in [0.25, 0.3) is 0 Å². The summed E-state index contributed by atoms with van der Waals surface area (Å²) >= 11 is 0. The topological polar surface area (TPSA) is 55.1 Å². The van der Waals surface area contributed by atoms with Gasteiger partial charge in [-0.2, -0.15) is 0 Å². The van der Waals surface area contributed by atoms with Gasteiger partial charge in [-0.05, 0) is 12.1 Å². The van der Waals surface area contributed by atoms with E-state index >= 15 is 0 Å². The minimum atomic E-state index is -0.885. The number of rotatable bonds is 1. The zero-order chi connectivity index (χ0) is 10.0. The molecule has 0 bridgehead atoms. The van der Waals surface area contributed by atoms with Gasteiger partial charge >= 0.3 is 0 Å². The summed E-state index contributed by atoms with van der Waals surface area (Å²) in [5.74, 6) is -2.17. The molecule has 0 aliphatic carbocycles. The summed E-state index contributed by atoms with van der Waals surface area (Å²) < 4.78 is 25.5. The van der Waals surface area contributed by atoms with Crippen LogP contribution in [-0.4, -0.2) is 5.91 Å². The van der Waals surface area contributed by atoms with Crippen molar-refractivity contribution in [3.63, 3.8) is 0 Å². The van der Waals surface area contributed by atoms with E-state index in [4.69, 9.17) is 5.73 Å². The largest absolute Gasteiger partial charge is 0.394 e. The van der Waals surface area contributed by atoms with Gasteiger partial charge in [-0.15, -0.1) is 0 Å². The van der Waals surface area contributed by atoms with Crippen LogP contribution in [-0.2, 0) is 4.79 Å². The van der Waals surface area contributed by atoms with Crippen molar-refractivity contribution in [3.8, 4) is 0 Å². The third-order valence-electron chi connectivity index (χ3n) is 1.40. The van der Waals surface area contributed by atoms with Gasteiger partial charge in [0.2, 0.25) is 5.91 Å². The molecule has 0 aliphatic rings. The summed E-state index contributed by atoms with van der Waals surface area (Å²) in [4.78, 5) is 10.5. The average Bonchev–Trinajstić information content (AvgIpc) is 1.98. The lowest BCUT2D eigenvalue weighted by atomic mass is 10.2. The summed E-state index contributed by atoms with van der Waals surface area (Å²) in [5.41, 5.74) is 4.52. The summed E-state index contributed by atoms with van der Waals surface area (Å²) in [7, 11) is 0. The third-order valence-corrected chi connectivity index (χ3v) is 1.40. The maximum Gasteiger partial charge on any atom is 0.221 e. The molecule has 0 aromatic heterocycles. The van der Waals surface area contributed by atoms with Crippen molar-refractivity contribution in [1.29, 1.82) is 0 Å². The zero-order valence-electron chi connectivity index (χ0n) is 6.90. The number of nitrogens with two attached hydrogens (primary N) is 1. The Kier molecular flexibility index (Phi) is 2.46. The lowest BCUT2D eigenvalue weighted by molar-refractivity contribution is -0.114. The molecule has 3 nitrogen and oxygen atoms in total. The number of nitrogens with one attached hydrogen (secondary N) is 1. The van der Waals surface area contributed by atoms with Crippen LogP contribution in [0.1, 0.15) is 6.92 Å². The third kappa shape index (κ3) is 2.14. The van der Waals surface area contributed by atoms with Gasteiger partial charge in [0.1, 0.15) is 5.69 Å². The maximum atomic E-state index is 12.8. The molecule has 0 aliphatic heterocycles. The molecular formula is C8H8F2N2O. The predicted octanol–water partition coefficient (Wildman–Crippen LogP) is 1.51. The molecule has 0 atom stereocenters. The van der Waals surface area contributed by atoms with E-state index in [1.54, 1.807) is 0 Å². The van der Waals surface area contributed by atoms with Crippen LogP contribution in [0.5, 0.6) is 0 Å². The van der Waals surface area contributed by atoms with Crippen molar-refractivity contribution < 1.29 is 13.6 Å². The molecule has 0 radical (unpaired) electrons. The lowest BCUT2D eigenvalue weighted by Crippen LogP contribution is -2.07. The number of nitrogen functional groups attached to an aromatic ring is 1. The Morgan fingerprint density at radius 2 is 1.85 bits per heavy atom. The van der Waals surface area contributed by atoms with Crippen LogP contribution in [0.15, 0.2) is 12.1 Å². The average molecular weight is 186 g/mol. The molecule has 0 spiro atoms. The second-order valence-electron chi connectivity index (χ2n) is 2.53. The van der Waals surface area contributed by atoms with Crippen LogP contribution in [0.3, 0.4) is 0 Å². The molecule has 70 valence electrons. The second kappa shape index (κ2) is 3.38. The fourth-order valence-electron chi connectivity index (χ4n) is 0.860. The first-order valence-electron chi connectivity index (χ1n) is 3.53. The highest BCUT2D eigenvalue weighted by Gasteiger charge is 2.07. The van der Waals surface area contributed by atoms with Gasteiger partial charge < -0.3 is 11.1 Å². The van der Waals surface area contributed by atoms with Crippen LogP contribution in [0.4, 0.5) is 20.2 Å². The quantitative estimate of drug-likeness (QED) is 0.653. The minimum Gasteiger partial charge on any atom is -0.394 e. The zero-order valence-corrected chi connectivity index (χ0v) is 6.90. The summed E-state index contributed by atoms with van der Waals surface area (Å²) in [6, 6.07) is 1.92. The Bertz CT molecular complexity index is 329. The number of carbonyl (C=O) groups is 1. The van der Waals surface area contributed by atoms with E-state index in [1.165, 1.54) is 6.92 Å². The van der Waals surface area contributed by atoms with Gasteiger partial charge in [0.25, 0.3) is 0 Å². The number of benzene rings is 1. The van der Waals surface area contributed by atoms with Crippen molar-refractivity contribution in [2.75, 3.05) is 11.1 Å². The molecule has 0 saturated heterocycles. The Hall–Kier alpha value is -1.65. The Morgan fingerprint density at radius 1 is 1.38 bits per heavy atom. The molecule has 13 heavy (non-hydrogen) atoms. The molecule has 0 heterocycles. The molecule has 3 N–H and O–H groups in total. The Morgan fingerprint density at radius 3 is 2.23 bits per heavy atom. The number of anilines is 2. The van der Waals surface area contributed by atoms with E-state index in [-0.39, 0.29) is 5.69 Å². The Balaban J connectivity index is 3.06. The van der Waals surface area contributed by atoms with Crippen LogP contribution in [0.2, 0.25) is 0 Å². The van der Waals surface area contributed by atoms with Gasteiger partial charge in [0, 0.05) is 12.6 Å². The first kappa shape index (κ1) is 9.44. The molecule has 1 aromatic rings. The van der Waals surface area contributed by atoms with E-state index in [0.29, 0.717) is 0 Å². The highest BCUT2D eigenvalue weighted by atomic mass is 19.1. The molecule has 1 amide bonds. The van der Waals surface area contributed by atoms with Crippen LogP contribution >= 0.6 is 0 Å². The number of halogens is 2. The standard InChI is InChI=1S/C8H8F2N2O/c1-4(13)12-5-2-6(9)8(11)7(10)3-5/h2-3H,11H2,1H3,(H,12,13). The summed E-state index contributed by atoms with van der Waals surface area (Å²) in [6.07, 6.45) is 0. The molecule has 0 saturated carbocycles. The molecular weight excluding hydrogens is 178 g/mol. The van der Waals surface area contributed by atoms with Crippen LogP contribution < -0.4 is 11.1 Å². The van der Waals surface area contributed by atoms with E-state index in [0.717, 1.165) is 12.1 Å². The van der Waals surface area contributed by atoms with Crippen molar-refractivity contribution in [2.24, 2.45) is 0 Å². The number of amides is 1. The lowest BCUT2D eigenvalue weighted by Gasteiger charge is -2.04. The molecule has 5 heteroatoms. The Labute approximate surface area is 73.5 Å². The predicted molar refractivity (Wildman–Crippen MR) is 45.1 cm³/mol. The second-order valence-corrected chi connectivity index (χ2v) is 2.53. The van der Waals surface area contributed by atoms with E-state index in [2.05, 4.69) is 5.32 Å². The van der Waals surface area contributed by atoms with Crippen molar-refractivity contribution >= 4 is 17.3 Å². The normalized spacial score (nSPS) is 9.77. The van der Waals surface area contributed by atoms with Crippen molar-refractivity contribution in [2.45, 2.75) is 6.92 Å². The summed E-state index contributed by atoms with van der Waals surface area (Å²) in [5, 5.41) is 2.24. The van der Waals surface area contributed by atoms with E-state index in [1.807, 2.05) is 0 Å². The van der Waals surface area contributed by atoms with Gasteiger partial charge in [-0.3, -0.25) is 4.79 Å². The number of carbonyl (C=O) groups excluding carboxylic acids is 1. The highest BCUT2D eigenvalue weighted by molar-refractivity contribution is 5.88. The highest BCUT2D eigenvalue weighted by Crippen LogP contribution is 2.20. The molecule has 0 unspecified atom stereocenters. The van der Waals surface area contributed by atoms with Crippen molar-refractivity contribution in [3.05, 3.63) is 23.8 Å². The fourth-order valence-corrected chi connectivity index (χ4v) is 0.860. The van der Waals surface area contributed by atoms with Gasteiger partial charge in [0.05, 0.1) is 0 Å². The maximum absolute atomic E-state index is 12.8. The molecule has 0 fully saturated rings. The first-order chi connectivity index (χ1) is 6.00. The monoisotopic (exact) mass is 186 g/mol. The summed E-state index contributed by atoms with van der Waals surface area (Å²) in [6.45, 7) is 1.24. The first-order valence-corrected chi connectivity index (χ1v) is 3.53. The van der Waals surface area contributed by atoms with Gasteiger partial charge in [-0.1, -0.05) is 0 Å². The van der Waals surface area contributed by atoms with Gasteiger partial charge in [-0.25, -0.2) is 8.78 Å². The SMILES string of the molecule is CC(=O)Nc1cc(F)c(N)c(F)c1. The van der Waals surface area contributed by atoms with Gasteiger partial charge in [0.15, 0.2) is 11.6 Å². The number of hydrogen-bond donors (Lipinski definition) is 2. The van der Waals surface area contributed by atoms with Crippen LogP contribution in [0, 0.1) is 11.6 Å². The van der Waals surface area contributed by atoms with E-state index in [9.17, 15) is 13.6 Å². The smallest absolute Gasteiger partial charge is 0.221 e. The van der Waals surface area contributed by atoms with Crippen molar-refractivity contribution in [1.82, 2.24) is 0 Å². The minimum absolute atomic E-state index is 0.0525. The fraction of sp³-hybridized carbons (Fsp3) is 0.125. The number of hydrogen-bond acceptors (Lipinski definition) is 2.